The highest BCUT2D eigenvalue weighted by Gasteiger charge is 2.20. The third-order valence-corrected chi connectivity index (χ3v) is 4.27. The van der Waals surface area contributed by atoms with Crippen LogP contribution >= 0.6 is 0 Å². The maximum Gasteiger partial charge on any atom is 0.0931 e. The van der Waals surface area contributed by atoms with Crippen molar-refractivity contribution in [2.24, 2.45) is 11.7 Å². The summed E-state index contributed by atoms with van der Waals surface area (Å²) >= 11 is 0. The first-order valence-electron chi connectivity index (χ1n) is 7.12. The van der Waals surface area contributed by atoms with Crippen LogP contribution in [0.25, 0.3) is 11.0 Å². The molecule has 102 valence electrons. The number of nitrogens with zero attached hydrogens (tertiary/aromatic N) is 2. The molecule has 1 aromatic carbocycles. The second-order valence-corrected chi connectivity index (χ2v) is 5.77. The van der Waals surface area contributed by atoms with Crippen LogP contribution in [0.5, 0.6) is 0 Å². The van der Waals surface area contributed by atoms with Crippen LogP contribution in [0.15, 0.2) is 24.5 Å². The monoisotopic (exact) mass is 258 g/mol. The van der Waals surface area contributed by atoms with Crippen molar-refractivity contribution in [3.05, 3.63) is 24.5 Å². The van der Waals surface area contributed by atoms with Crippen LogP contribution in [0.4, 0.5) is 5.69 Å². The van der Waals surface area contributed by atoms with Crippen LogP contribution in [0.2, 0.25) is 0 Å². The Morgan fingerprint density at radius 3 is 2.89 bits per heavy atom. The first kappa shape index (κ1) is 12.5. The molecule has 0 bridgehead atoms. The molecule has 19 heavy (non-hydrogen) atoms. The standard InChI is InChI=1S/C15H22N4/c1-19(9-11-2-4-12(16)5-3-11)13-6-7-14-15(8-13)18-10-17-14/h6-8,10-12H,2-5,9,16H2,1H3,(H,17,18). The van der Waals surface area contributed by atoms with Gasteiger partial charge in [-0.1, -0.05) is 0 Å². The van der Waals surface area contributed by atoms with Crippen LogP contribution in [0.1, 0.15) is 25.7 Å². The molecule has 0 spiro atoms. The number of nitrogens with one attached hydrogen (secondary N) is 1. The molecule has 1 aliphatic rings. The summed E-state index contributed by atoms with van der Waals surface area (Å²) in [5, 5.41) is 0. The smallest absolute Gasteiger partial charge is 0.0931 e. The summed E-state index contributed by atoms with van der Waals surface area (Å²) in [6.07, 6.45) is 6.63. The zero-order valence-electron chi connectivity index (χ0n) is 11.5. The number of aromatic nitrogens is 2. The highest BCUT2D eigenvalue weighted by Crippen LogP contribution is 2.26. The lowest BCUT2D eigenvalue weighted by molar-refractivity contribution is 0.330. The Labute approximate surface area is 114 Å². The summed E-state index contributed by atoms with van der Waals surface area (Å²) in [6.45, 7) is 1.12. The number of fused-ring (bicyclic) bond motifs is 1. The number of hydrogen-bond acceptors (Lipinski definition) is 3. The summed E-state index contributed by atoms with van der Waals surface area (Å²) in [4.78, 5) is 9.77. The Hall–Kier alpha value is -1.55. The molecule has 0 atom stereocenters. The topological polar surface area (TPSA) is 57.9 Å². The molecule has 0 aliphatic heterocycles. The number of nitrogens with two attached hydrogens (primary N) is 1. The van der Waals surface area contributed by atoms with E-state index in [1.165, 1.54) is 31.4 Å². The molecule has 0 saturated heterocycles. The third kappa shape index (κ3) is 2.73. The predicted molar refractivity (Wildman–Crippen MR) is 79.3 cm³/mol. The van der Waals surface area contributed by atoms with E-state index in [0.29, 0.717) is 6.04 Å². The number of hydrogen-bond donors (Lipinski definition) is 2. The maximum absolute atomic E-state index is 5.96. The van der Waals surface area contributed by atoms with E-state index < -0.39 is 0 Å². The lowest BCUT2D eigenvalue weighted by atomic mass is 9.86. The van der Waals surface area contributed by atoms with E-state index in [-0.39, 0.29) is 0 Å². The zero-order chi connectivity index (χ0) is 13.2. The van der Waals surface area contributed by atoms with Gasteiger partial charge in [0.1, 0.15) is 0 Å². The van der Waals surface area contributed by atoms with E-state index in [1.54, 1.807) is 6.33 Å². The van der Waals surface area contributed by atoms with E-state index in [1.807, 2.05) is 0 Å². The average molecular weight is 258 g/mol. The van der Waals surface area contributed by atoms with Crippen LogP contribution in [-0.4, -0.2) is 29.6 Å². The van der Waals surface area contributed by atoms with Gasteiger partial charge in [0.25, 0.3) is 0 Å². The van der Waals surface area contributed by atoms with Gasteiger partial charge in [0.15, 0.2) is 0 Å². The molecule has 3 N–H and O–H groups in total. The van der Waals surface area contributed by atoms with E-state index in [9.17, 15) is 0 Å². The molecule has 3 rings (SSSR count). The minimum atomic E-state index is 0.433. The van der Waals surface area contributed by atoms with Crippen LogP contribution < -0.4 is 10.6 Å². The molecular weight excluding hydrogens is 236 g/mol. The van der Waals surface area contributed by atoms with Gasteiger partial charge in [0.05, 0.1) is 17.4 Å². The van der Waals surface area contributed by atoms with Crippen molar-refractivity contribution in [2.45, 2.75) is 31.7 Å². The van der Waals surface area contributed by atoms with Gasteiger partial charge in [-0.15, -0.1) is 0 Å². The maximum atomic E-state index is 5.96. The van der Waals surface area contributed by atoms with Crippen molar-refractivity contribution < 1.29 is 0 Å². The molecule has 1 aromatic heterocycles. The molecule has 1 aliphatic carbocycles. The van der Waals surface area contributed by atoms with Gasteiger partial charge in [0.2, 0.25) is 0 Å². The fraction of sp³-hybridized carbons (Fsp3) is 0.533. The van der Waals surface area contributed by atoms with Crippen molar-refractivity contribution in [3.63, 3.8) is 0 Å². The molecule has 0 unspecified atom stereocenters. The number of rotatable bonds is 3. The van der Waals surface area contributed by atoms with Gasteiger partial charge >= 0.3 is 0 Å². The van der Waals surface area contributed by atoms with Crippen LogP contribution in [0, 0.1) is 5.92 Å². The number of aromatic amines is 1. The minimum absolute atomic E-state index is 0.433. The lowest BCUT2D eigenvalue weighted by Gasteiger charge is -2.30. The Morgan fingerprint density at radius 1 is 1.32 bits per heavy atom. The van der Waals surface area contributed by atoms with Gasteiger partial charge in [-0.2, -0.15) is 0 Å². The first-order chi connectivity index (χ1) is 9.22. The van der Waals surface area contributed by atoms with Gasteiger partial charge in [-0.3, -0.25) is 0 Å². The zero-order valence-corrected chi connectivity index (χ0v) is 11.5. The summed E-state index contributed by atoms with van der Waals surface area (Å²) in [6, 6.07) is 6.84. The molecule has 0 radical (unpaired) electrons. The molecule has 0 amide bonds. The van der Waals surface area contributed by atoms with E-state index in [0.717, 1.165) is 23.5 Å². The van der Waals surface area contributed by atoms with Crippen LogP contribution in [-0.2, 0) is 0 Å². The number of imidazole rings is 1. The second kappa shape index (κ2) is 5.21. The lowest BCUT2D eigenvalue weighted by Crippen LogP contribution is -2.32. The normalized spacial score (nSPS) is 23.7. The SMILES string of the molecule is CN(CC1CCC(N)CC1)c1ccc2nc[nH]c2c1. The van der Waals surface area contributed by atoms with Crippen molar-refractivity contribution >= 4 is 16.7 Å². The summed E-state index contributed by atoms with van der Waals surface area (Å²) in [5.74, 6) is 0.780. The molecule has 1 fully saturated rings. The van der Waals surface area contributed by atoms with Gasteiger partial charge in [-0.05, 0) is 49.8 Å². The molecule has 1 saturated carbocycles. The van der Waals surface area contributed by atoms with Crippen molar-refractivity contribution in [1.82, 2.24) is 9.97 Å². The highest BCUT2D eigenvalue weighted by molar-refractivity contribution is 5.78. The van der Waals surface area contributed by atoms with Crippen molar-refractivity contribution in [1.29, 1.82) is 0 Å². The largest absolute Gasteiger partial charge is 0.374 e. The van der Waals surface area contributed by atoms with E-state index in [2.05, 4.69) is 40.1 Å². The number of anilines is 1. The third-order valence-electron chi connectivity index (χ3n) is 4.27. The van der Waals surface area contributed by atoms with Crippen LogP contribution in [0.3, 0.4) is 0 Å². The molecular formula is C15H22N4. The number of benzene rings is 1. The quantitative estimate of drug-likeness (QED) is 0.889. The summed E-state index contributed by atoms with van der Waals surface area (Å²) in [7, 11) is 2.17. The van der Waals surface area contributed by atoms with Gasteiger partial charge in [0, 0.05) is 25.3 Å². The van der Waals surface area contributed by atoms with Gasteiger partial charge in [-0.25, -0.2) is 4.98 Å². The van der Waals surface area contributed by atoms with E-state index >= 15 is 0 Å². The Bertz CT molecular complexity index is 540. The Balaban J connectivity index is 1.67. The Kier molecular flexibility index (Phi) is 3.42. The van der Waals surface area contributed by atoms with E-state index in [4.69, 9.17) is 5.73 Å². The average Bonchev–Trinajstić information content (AvgIpc) is 2.88. The molecule has 2 aromatic rings. The fourth-order valence-electron chi connectivity index (χ4n) is 3.02. The van der Waals surface area contributed by atoms with Crippen molar-refractivity contribution in [2.75, 3.05) is 18.5 Å². The second-order valence-electron chi connectivity index (χ2n) is 5.77. The predicted octanol–water partition coefficient (Wildman–Crippen LogP) is 2.52. The Morgan fingerprint density at radius 2 is 2.11 bits per heavy atom. The molecule has 4 nitrogen and oxygen atoms in total. The molecule has 1 heterocycles. The van der Waals surface area contributed by atoms with Crippen molar-refractivity contribution in [3.8, 4) is 0 Å². The summed E-state index contributed by atoms with van der Waals surface area (Å²) < 4.78 is 0. The fourth-order valence-corrected chi connectivity index (χ4v) is 3.02. The van der Waals surface area contributed by atoms with Gasteiger partial charge < -0.3 is 15.6 Å². The first-order valence-corrected chi connectivity index (χ1v) is 7.12. The highest BCUT2D eigenvalue weighted by atomic mass is 15.1. The minimum Gasteiger partial charge on any atom is -0.374 e. The summed E-state index contributed by atoms with van der Waals surface area (Å²) in [5.41, 5.74) is 9.36. The molecule has 4 heteroatoms. The number of H-pyrrole nitrogens is 1.